The maximum atomic E-state index is 13.0. The first-order chi connectivity index (χ1) is 15.9. The third-order valence-electron chi connectivity index (χ3n) is 5.36. The van der Waals surface area contributed by atoms with Gasteiger partial charge in [0.25, 0.3) is 0 Å². The normalized spacial score (nSPS) is 15.5. The number of nitrogens with zero attached hydrogens (tertiary/aromatic N) is 1. The van der Waals surface area contributed by atoms with Crippen LogP contribution in [-0.4, -0.2) is 74.0 Å². The Balaban J connectivity index is 2.96. The van der Waals surface area contributed by atoms with Crippen molar-refractivity contribution in [1.82, 2.24) is 25.9 Å². The van der Waals surface area contributed by atoms with Gasteiger partial charge in [0, 0.05) is 18.3 Å². The van der Waals surface area contributed by atoms with Gasteiger partial charge in [0.1, 0.15) is 18.1 Å². The standard InChI is InChI=1S/C21H34N6O7/c1-5-11(4)17(27-18(30)13(22)7-15(28)29)20(32)26-16(10(2)3)19(31)25-14(21(33)34)6-12-8-23-9-24-12/h8-11,13-14,16-17H,5-7,22H2,1-4H3,(H,23,24)(H,25,31)(H,26,32)(H,27,30)(H,28,29)(H,33,34). The molecule has 5 atom stereocenters. The number of carboxylic acid groups (broad SMARTS) is 2. The molecular formula is C21H34N6O7. The second kappa shape index (κ2) is 13.3. The summed E-state index contributed by atoms with van der Waals surface area (Å²) in [6.45, 7) is 6.86. The number of rotatable bonds is 14. The van der Waals surface area contributed by atoms with Crippen molar-refractivity contribution >= 4 is 29.7 Å². The molecule has 190 valence electrons. The van der Waals surface area contributed by atoms with Gasteiger partial charge < -0.3 is 36.9 Å². The number of carboxylic acids is 2. The van der Waals surface area contributed by atoms with Gasteiger partial charge in [-0.05, 0) is 11.8 Å². The van der Waals surface area contributed by atoms with Crippen molar-refractivity contribution in [3.05, 3.63) is 18.2 Å². The first-order valence-corrected chi connectivity index (χ1v) is 11.0. The van der Waals surface area contributed by atoms with Crippen LogP contribution in [0.5, 0.6) is 0 Å². The van der Waals surface area contributed by atoms with Crippen LogP contribution in [-0.2, 0) is 30.4 Å². The summed E-state index contributed by atoms with van der Waals surface area (Å²) in [4.78, 5) is 67.3. The van der Waals surface area contributed by atoms with Gasteiger partial charge in [-0.25, -0.2) is 9.78 Å². The number of hydrogen-bond acceptors (Lipinski definition) is 7. The zero-order valence-corrected chi connectivity index (χ0v) is 19.7. The predicted molar refractivity (Wildman–Crippen MR) is 120 cm³/mol. The number of hydrogen-bond donors (Lipinski definition) is 7. The van der Waals surface area contributed by atoms with E-state index in [2.05, 4.69) is 25.9 Å². The lowest BCUT2D eigenvalue weighted by atomic mass is 9.96. The molecule has 3 amide bonds. The van der Waals surface area contributed by atoms with Crippen LogP contribution < -0.4 is 21.7 Å². The molecular weight excluding hydrogens is 448 g/mol. The molecule has 0 saturated carbocycles. The highest BCUT2D eigenvalue weighted by Crippen LogP contribution is 2.11. The molecule has 8 N–H and O–H groups in total. The molecule has 34 heavy (non-hydrogen) atoms. The Kier molecular flexibility index (Phi) is 11.2. The Labute approximate surface area is 197 Å². The van der Waals surface area contributed by atoms with E-state index in [1.54, 1.807) is 27.7 Å². The van der Waals surface area contributed by atoms with Gasteiger partial charge in [0.05, 0.1) is 18.8 Å². The van der Waals surface area contributed by atoms with Crippen LogP contribution in [0.25, 0.3) is 0 Å². The van der Waals surface area contributed by atoms with E-state index in [9.17, 15) is 29.1 Å². The molecule has 13 nitrogen and oxygen atoms in total. The summed E-state index contributed by atoms with van der Waals surface area (Å²) in [7, 11) is 0. The van der Waals surface area contributed by atoms with Crippen LogP contribution >= 0.6 is 0 Å². The number of H-pyrrole nitrogens is 1. The SMILES string of the molecule is CCC(C)C(NC(=O)C(N)CC(=O)O)C(=O)NC(C(=O)NC(Cc1cnc[nH]1)C(=O)O)C(C)C. The van der Waals surface area contributed by atoms with Crippen LogP contribution in [0.1, 0.15) is 46.2 Å². The summed E-state index contributed by atoms with van der Waals surface area (Å²) in [6.07, 6.45) is 2.69. The molecule has 0 aliphatic carbocycles. The highest BCUT2D eigenvalue weighted by atomic mass is 16.4. The molecule has 0 aliphatic heterocycles. The minimum Gasteiger partial charge on any atom is -0.481 e. The Morgan fingerprint density at radius 3 is 2.06 bits per heavy atom. The van der Waals surface area contributed by atoms with Crippen LogP contribution in [0.15, 0.2) is 12.5 Å². The molecule has 0 spiro atoms. The van der Waals surface area contributed by atoms with Crippen molar-refractivity contribution in [2.45, 2.75) is 71.1 Å². The van der Waals surface area contributed by atoms with Crippen molar-refractivity contribution in [3.63, 3.8) is 0 Å². The molecule has 0 aromatic carbocycles. The summed E-state index contributed by atoms with van der Waals surface area (Å²) >= 11 is 0. The Morgan fingerprint density at radius 1 is 1.00 bits per heavy atom. The second-order valence-corrected chi connectivity index (χ2v) is 8.49. The van der Waals surface area contributed by atoms with Gasteiger partial charge >= 0.3 is 11.9 Å². The molecule has 0 saturated heterocycles. The third kappa shape index (κ3) is 8.81. The monoisotopic (exact) mass is 482 g/mol. The minimum atomic E-state index is -1.35. The Hall–Kier alpha value is -3.48. The quantitative estimate of drug-likeness (QED) is 0.173. The van der Waals surface area contributed by atoms with E-state index in [-0.39, 0.29) is 12.3 Å². The van der Waals surface area contributed by atoms with E-state index < -0.39 is 66.2 Å². The first kappa shape index (κ1) is 28.6. The van der Waals surface area contributed by atoms with Gasteiger partial charge in [-0.2, -0.15) is 0 Å². The average molecular weight is 483 g/mol. The van der Waals surface area contributed by atoms with E-state index in [0.29, 0.717) is 12.1 Å². The summed E-state index contributed by atoms with van der Waals surface area (Å²) in [5.41, 5.74) is 6.10. The minimum absolute atomic E-state index is 0.0349. The number of carbonyl (C=O) groups excluding carboxylic acids is 3. The van der Waals surface area contributed by atoms with Crippen LogP contribution in [0, 0.1) is 11.8 Å². The number of nitrogens with one attached hydrogen (secondary N) is 4. The Bertz CT molecular complexity index is 858. The van der Waals surface area contributed by atoms with Crippen molar-refractivity contribution in [2.24, 2.45) is 17.6 Å². The number of aliphatic carboxylic acids is 2. The van der Waals surface area contributed by atoms with E-state index in [1.807, 2.05) is 0 Å². The summed E-state index contributed by atoms with van der Waals surface area (Å²) in [5, 5.41) is 25.8. The summed E-state index contributed by atoms with van der Waals surface area (Å²) < 4.78 is 0. The smallest absolute Gasteiger partial charge is 0.326 e. The van der Waals surface area contributed by atoms with Crippen LogP contribution in [0.4, 0.5) is 0 Å². The number of nitrogens with two attached hydrogens (primary N) is 1. The maximum Gasteiger partial charge on any atom is 0.326 e. The zero-order chi connectivity index (χ0) is 26.0. The van der Waals surface area contributed by atoms with Crippen LogP contribution in [0.2, 0.25) is 0 Å². The third-order valence-corrected chi connectivity index (χ3v) is 5.36. The highest BCUT2D eigenvalue weighted by Gasteiger charge is 2.34. The Morgan fingerprint density at radius 2 is 1.59 bits per heavy atom. The van der Waals surface area contributed by atoms with Gasteiger partial charge in [-0.15, -0.1) is 0 Å². The fourth-order valence-corrected chi connectivity index (χ4v) is 3.10. The number of imidazole rings is 1. The van der Waals surface area contributed by atoms with Gasteiger partial charge in [-0.3, -0.25) is 19.2 Å². The van der Waals surface area contributed by atoms with Gasteiger partial charge in [0.2, 0.25) is 17.7 Å². The lowest BCUT2D eigenvalue weighted by molar-refractivity contribution is -0.142. The van der Waals surface area contributed by atoms with Crippen molar-refractivity contribution in [2.75, 3.05) is 0 Å². The van der Waals surface area contributed by atoms with E-state index in [4.69, 9.17) is 10.8 Å². The summed E-state index contributed by atoms with van der Waals surface area (Å²) in [6, 6.07) is -4.77. The van der Waals surface area contributed by atoms with Crippen molar-refractivity contribution < 1.29 is 34.2 Å². The number of amides is 3. The first-order valence-electron chi connectivity index (χ1n) is 11.0. The molecule has 13 heteroatoms. The average Bonchev–Trinajstić information content (AvgIpc) is 3.26. The van der Waals surface area contributed by atoms with Crippen molar-refractivity contribution in [3.8, 4) is 0 Å². The molecule has 1 rings (SSSR count). The van der Waals surface area contributed by atoms with Gasteiger partial charge in [-0.1, -0.05) is 34.1 Å². The molecule has 0 fully saturated rings. The largest absolute Gasteiger partial charge is 0.481 e. The molecule has 0 aliphatic rings. The lowest BCUT2D eigenvalue weighted by Gasteiger charge is -2.29. The van der Waals surface area contributed by atoms with Crippen LogP contribution in [0.3, 0.4) is 0 Å². The molecule has 0 radical (unpaired) electrons. The fourth-order valence-electron chi connectivity index (χ4n) is 3.10. The maximum absolute atomic E-state index is 13.0. The predicted octanol–water partition coefficient (Wildman–Crippen LogP) is -1.00. The summed E-state index contributed by atoms with van der Waals surface area (Å²) in [5.74, 6) is -5.46. The molecule has 0 bridgehead atoms. The molecule has 1 heterocycles. The van der Waals surface area contributed by atoms with E-state index in [0.717, 1.165) is 0 Å². The van der Waals surface area contributed by atoms with E-state index >= 15 is 0 Å². The zero-order valence-electron chi connectivity index (χ0n) is 19.7. The second-order valence-electron chi connectivity index (χ2n) is 8.49. The highest BCUT2D eigenvalue weighted by molar-refractivity contribution is 5.95. The topological polar surface area (TPSA) is 217 Å². The van der Waals surface area contributed by atoms with Crippen molar-refractivity contribution in [1.29, 1.82) is 0 Å². The molecule has 1 aromatic rings. The van der Waals surface area contributed by atoms with Gasteiger partial charge in [0.15, 0.2) is 0 Å². The molecule has 5 unspecified atom stereocenters. The number of carbonyl (C=O) groups is 5. The fraction of sp³-hybridized carbons (Fsp3) is 0.619. The number of aromatic nitrogens is 2. The van der Waals surface area contributed by atoms with E-state index in [1.165, 1.54) is 12.5 Å². The lowest BCUT2D eigenvalue weighted by Crippen LogP contribution is -2.60. The number of aromatic amines is 1. The molecule has 1 aromatic heterocycles.